The van der Waals surface area contributed by atoms with E-state index in [2.05, 4.69) is 15.3 Å². The summed E-state index contributed by atoms with van der Waals surface area (Å²) in [6.07, 6.45) is 5.27. The summed E-state index contributed by atoms with van der Waals surface area (Å²) in [5, 5.41) is 2.72. The van der Waals surface area contributed by atoms with E-state index in [0.29, 0.717) is 11.5 Å². The fraction of sp³-hybridized carbons (Fsp3) is 0.133. The van der Waals surface area contributed by atoms with E-state index in [-0.39, 0.29) is 5.91 Å². The molecule has 21 heavy (non-hydrogen) atoms. The number of imidazole rings is 1. The maximum absolute atomic E-state index is 12.2. The third kappa shape index (κ3) is 2.69. The largest absolute Gasteiger partial charge is 0.376 e. The fourth-order valence-corrected chi connectivity index (χ4v) is 1.97. The van der Waals surface area contributed by atoms with Crippen LogP contribution in [-0.4, -0.2) is 34.4 Å². The van der Waals surface area contributed by atoms with E-state index in [1.165, 1.54) is 0 Å². The molecule has 0 fully saturated rings. The number of carbonyl (C=O) groups is 1. The maximum Gasteiger partial charge on any atom is 0.277 e. The molecule has 3 aromatic heterocycles. The minimum Gasteiger partial charge on any atom is -0.376 e. The van der Waals surface area contributed by atoms with Gasteiger partial charge in [-0.25, -0.2) is 9.97 Å². The van der Waals surface area contributed by atoms with Crippen molar-refractivity contribution in [2.24, 2.45) is 0 Å². The van der Waals surface area contributed by atoms with Gasteiger partial charge in [-0.1, -0.05) is 6.07 Å². The van der Waals surface area contributed by atoms with Crippen LogP contribution in [0, 0.1) is 0 Å². The molecule has 0 saturated heterocycles. The lowest BCUT2D eigenvalue weighted by Gasteiger charge is -2.11. The summed E-state index contributed by atoms with van der Waals surface area (Å²) in [5.41, 5.74) is 2.12. The number of nitrogens with one attached hydrogen (secondary N) is 1. The Labute approximate surface area is 122 Å². The zero-order valence-corrected chi connectivity index (χ0v) is 11.8. The Hall–Kier alpha value is -2.89. The van der Waals surface area contributed by atoms with E-state index in [0.717, 1.165) is 11.3 Å². The van der Waals surface area contributed by atoms with Gasteiger partial charge in [-0.05, 0) is 24.3 Å². The van der Waals surface area contributed by atoms with Crippen molar-refractivity contribution in [2.45, 2.75) is 0 Å². The lowest BCUT2D eigenvalue weighted by atomic mass is 10.4. The van der Waals surface area contributed by atoms with E-state index >= 15 is 0 Å². The number of rotatable bonds is 3. The molecule has 3 rings (SSSR count). The second-order valence-corrected chi connectivity index (χ2v) is 4.84. The average molecular weight is 281 g/mol. The van der Waals surface area contributed by atoms with Crippen molar-refractivity contribution in [1.29, 1.82) is 0 Å². The van der Waals surface area contributed by atoms with E-state index in [9.17, 15) is 4.79 Å². The molecule has 0 aliphatic carbocycles. The molecule has 0 spiro atoms. The van der Waals surface area contributed by atoms with Crippen LogP contribution < -0.4 is 10.2 Å². The summed E-state index contributed by atoms with van der Waals surface area (Å²) < 4.78 is 1.84. The smallest absolute Gasteiger partial charge is 0.277 e. The fourth-order valence-electron chi connectivity index (χ4n) is 1.97. The molecule has 6 nitrogen and oxygen atoms in total. The molecule has 106 valence electrons. The van der Waals surface area contributed by atoms with E-state index in [1.807, 2.05) is 47.8 Å². The van der Waals surface area contributed by atoms with Gasteiger partial charge in [-0.15, -0.1) is 0 Å². The standard InChI is InChI=1S/C15H15N5O/c1-19(2)11-6-7-14-17-12(10-20(14)9-11)15(21)18-13-5-3-4-8-16-13/h3-10H,1-2H3,(H,16,18,21). The van der Waals surface area contributed by atoms with Crippen LogP contribution in [0.2, 0.25) is 0 Å². The Bertz CT molecular complexity index is 779. The van der Waals surface area contributed by atoms with Crippen LogP contribution in [0.1, 0.15) is 10.5 Å². The number of carbonyl (C=O) groups excluding carboxylic acids is 1. The summed E-state index contributed by atoms with van der Waals surface area (Å²) in [7, 11) is 3.93. The Morgan fingerprint density at radius 1 is 1.19 bits per heavy atom. The van der Waals surface area contributed by atoms with Crippen molar-refractivity contribution in [2.75, 3.05) is 24.3 Å². The lowest BCUT2D eigenvalue weighted by molar-refractivity contribution is 0.102. The van der Waals surface area contributed by atoms with Gasteiger partial charge in [-0.2, -0.15) is 0 Å². The lowest BCUT2D eigenvalue weighted by Crippen LogP contribution is -2.13. The summed E-state index contributed by atoms with van der Waals surface area (Å²) in [5.74, 6) is 0.234. The summed E-state index contributed by atoms with van der Waals surface area (Å²) in [6.45, 7) is 0. The van der Waals surface area contributed by atoms with Crippen LogP contribution in [0.5, 0.6) is 0 Å². The zero-order chi connectivity index (χ0) is 14.8. The van der Waals surface area contributed by atoms with Crippen LogP contribution in [-0.2, 0) is 0 Å². The van der Waals surface area contributed by atoms with Crippen molar-refractivity contribution in [3.63, 3.8) is 0 Å². The molecule has 0 aromatic carbocycles. The molecular formula is C15H15N5O. The predicted octanol–water partition coefficient (Wildman–Crippen LogP) is 2.05. The first-order chi connectivity index (χ1) is 10.1. The second-order valence-electron chi connectivity index (χ2n) is 4.84. The number of amides is 1. The average Bonchev–Trinajstić information content (AvgIpc) is 2.91. The first kappa shape index (κ1) is 13.1. The number of hydrogen-bond donors (Lipinski definition) is 1. The molecule has 0 aliphatic rings. The Morgan fingerprint density at radius 3 is 2.76 bits per heavy atom. The normalized spacial score (nSPS) is 10.6. The molecule has 3 aromatic rings. The number of fused-ring (bicyclic) bond motifs is 1. The first-order valence-corrected chi connectivity index (χ1v) is 6.52. The van der Waals surface area contributed by atoms with Crippen molar-refractivity contribution in [3.8, 4) is 0 Å². The molecular weight excluding hydrogens is 266 g/mol. The topological polar surface area (TPSA) is 62.5 Å². The summed E-state index contributed by atoms with van der Waals surface area (Å²) in [6, 6.07) is 9.19. The highest BCUT2D eigenvalue weighted by Crippen LogP contribution is 2.14. The minimum absolute atomic E-state index is 0.274. The highest BCUT2D eigenvalue weighted by molar-refractivity contribution is 6.02. The third-order valence-corrected chi connectivity index (χ3v) is 3.09. The predicted molar refractivity (Wildman–Crippen MR) is 81.7 cm³/mol. The number of pyridine rings is 2. The molecule has 1 amide bonds. The third-order valence-electron chi connectivity index (χ3n) is 3.09. The highest BCUT2D eigenvalue weighted by Gasteiger charge is 2.11. The number of nitrogens with zero attached hydrogens (tertiary/aromatic N) is 4. The Kier molecular flexibility index (Phi) is 3.27. The van der Waals surface area contributed by atoms with Crippen LogP contribution >= 0.6 is 0 Å². The van der Waals surface area contributed by atoms with E-state index in [1.54, 1.807) is 24.5 Å². The van der Waals surface area contributed by atoms with Gasteiger partial charge in [-0.3, -0.25) is 4.79 Å². The SMILES string of the molecule is CN(C)c1ccc2nc(C(=O)Nc3ccccn3)cn2c1. The van der Waals surface area contributed by atoms with Gasteiger partial charge in [0.05, 0.1) is 5.69 Å². The minimum atomic E-state index is -0.274. The van der Waals surface area contributed by atoms with Crippen molar-refractivity contribution < 1.29 is 4.79 Å². The Morgan fingerprint density at radius 2 is 2.05 bits per heavy atom. The van der Waals surface area contributed by atoms with Crippen LogP contribution in [0.15, 0.2) is 48.9 Å². The van der Waals surface area contributed by atoms with Gasteiger partial charge < -0.3 is 14.6 Å². The molecule has 0 bridgehead atoms. The van der Waals surface area contributed by atoms with Crippen molar-refractivity contribution >= 4 is 23.1 Å². The van der Waals surface area contributed by atoms with Gasteiger partial charge in [0.25, 0.3) is 5.91 Å². The zero-order valence-electron chi connectivity index (χ0n) is 11.8. The van der Waals surface area contributed by atoms with Gasteiger partial charge in [0.1, 0.15) is 17.2 Å². The first-order valence-electron chi connectivity index (χ1n) is 6.52. The molecule has 0 aliphatic heterocycles. The number of anilines is 2. The highest BCUT2D eigenvalue weighted by atomic mass is 16.2. The Balaban J connectivity index is 1.88. The monoisotopic (exact) mass is 281 g/mol. The summed E-state index contributed by atoms with van der Waals surface area (Å²) >= 11 is 0. The van der Waals surface area contributed by atoms with Crippen LogP contribution in [0.4, 0.5) is 11.5 Å². The molecule has 3 heterocycles. The number of aromatic nitrogens is 3. The van der Waals surface area contributed by atoms with Crippen LogP contribution in [0.25, 0.3) is 5.65 Å². The second kappa shape index (κ2) is 5.24. The van der Waals surface area contributed by atoms with E-state index < -0.39 is 0 Å². The molecule has 1 N–H and O–H groups in total. The van der Waals surface area contributed by atoms with Gasteiger partial charge >= 0.3 is 0 Å². The van der Waals surface area contributed by atoms with Crippen molar-refractivity contribution in [1.82, 2.24) is 14.4 Å². The molecule has 0 unspecified atom stereocenters. The van der Waals surface area contributed by atoms with Gasteiger partial charge in [0, 0.05) is 32.7 Å². The molecule has 0 atom stereocenters. The number of hydrogen-bond acceptors (Lipinski definition) is 4. The van der Waals surface area contributed by atoms with E-state index in [4.69, 9.17) is 0 Å². The van der Waals surface area contributed by atoms with Crippen LogP contribution in [0.3, 0.4) is 0 Å². The maximum atomic E-state index is 12.2. The molecule has 6 heteroatoms. The van der Waals surface area contributed by atoms with Crippen molar-refractivity contribution in [3.05, 3.63) is 54.6 Å². The molecule has 0 saturated carbocycles. The molecule has 0 radical (unpaired) electrons. The quantitative estimate of drug-likeness (QED) is 0.798. The summed E-state index contributed by atoms with van der Waals surface area (Å²) in [4.78, 5) is 22.5. The van der Waals surface area contributed by atoms with Gasteiger partial charge in [0.15, 0.2) is 0 Å². The van der Waals surface area contributed by atoms with Gasteiger partial charge in [0.2, 0.25) is 0 Å².